The Labute approximate surface area is 337 Å². The molecule has 1 unspecified atom stereocenters. The van der Waals surface area contributed by atoms with Crippen LogP contribution in [-0.4, -0.2) is 119 Å². The van der Waals surface area contributed by atoms with Crippen molar-refractivity contribution in [2.24, 2.45) is 5.10 Å². The van der Waals surface area contributed by atoms with E-state index < -0.39 is 0 Å². The van der Waals surface area contributed by atoms with Gasteiger partial charge in [0, 0.05) is 63.7 Å². The molecule has 1 amide bonds. The molecule has 0 aliphatic carbocycles. The molecule has 0 spiro atoms. The second-order valence-corrected chi connectivity index (χ2v) is 14.7. The molecule has 0 saturated carbocycles. The van der Waals surface area contributed by atoms with E-state index in [0.29, 0.717) is 54.1 Å². The Balaban J connectivity index is 0.915. The SMILES string of the molecule is COc1ccc(-c2nc3ccccc3s2)cc1OCCN1CCN(CCOc2cc(C3CC(c4cc(OC)c(OC)c(OC)c4)=NN3C(C)=O)ccc2OC)CC1. The van der Waals surface area contributed by atoms with Crippen LogP contribution in [0.4, 0.5) is 0 Å². The van der Waals surface area contributed by atoms with E-state index in [1.807, 2.05) is 66.7 Å². The van der Waals surface area contributed by atoms with Crippen LogP contribution >= 0.6 is 11.3 Å². The smallest absolute Gasteiger partial charge is 0.240 e. The molecule has 2 aliphatic rings. The highest BCUT2D eigenvalue weighted by atomic mass is 32.1. The number of aromatic nitrogens is 1. The number of methoxy groups -OCH3 is 5. The van der Waals surface area contributed by atoms with Crippen molar-refractivity contribution in [2.75, 3.05) is 88.0 Å². The average Bonchev–Trinajstić information content (AvgIpc) is 3.90. The van der Waals surface area contributed by atoms with Crippen LogP contribution in [0.3, 0.4) is 0 Å². The second-order valence-electron chi connectivity index (χ2n) is 13.7. The lowest BCUT2D eigenvalue weighted by Crippen LogP contribution is -2.48. The maximum Gasteiger partial charge on any atom is 0.240 e. The van der Waals surface area contributed by atoms with E-state index in [1.54, 1.807) is 46.9 Å². The van der Waals surface area contributed by atoms with Crippen molar-refractivity contribution in [3.63, 3.8) is 0 Å². The molecule has 3 heterocycles. The number of carbonyl (C=O) groups excluding carboxylic acids is 1. The monoisotopic (exact) mass is 795 g/mol. The molecule has 0 radical (unpaired) electrons. The van der Waals surface area contributed by atoms with Gasteiger partial charge in [-0.2, -0.15) is 5.10 Å². The van der Waals surface area contributed by atoms with Gasteiger partial charge in [0.2, 0.25) is 11.7 Å². The van der Waals surface area contributed by atoms with Crippen molar-refractivity contribution >= 4 is 33.2 Å². The minimum atomic E-state index is -0.328. The second kappa shape index (κ2) is 18.1. The molecule has 0 N–H and O–H groups in total. The number of carbonyl (C=O) groups is 1. The van der Waals surface area contributed by atoms with Gasteiger partial charge in [0.25, 0.3) is 0 Å². The molecule has 4 aromatic carbocycles. The lowest BCUT2D eigenvalue weighted by atomic mass is 9.97. The topological polar surface area (TPSA) is 117 Å². The molecule has 14 heteroatoms. The standard InChI is InChI=1S/C43H49N5O8S/c1-28(49)48-34(27-33(45-48)31-25-39(52-4)42(54-6)40(26-31)53-5)29-11-13-35(50-2)37(23-29)55-21-19-46-15-17-47(18-16-46)20-22-56-38-24-30(12-14-36(38)51-3)43-44-32-9-7-8-10-41(32)57-43/h7-14,23-26,34H,15-22,27H2,1-6H3. The van der Waals surface area contributed by atoms with Gasteiger partial charge >= 0.3 is 0 Å². The first kappa shape index (κ1) is 39.7. The number of hydrogen-bond donors (Lipinski definition) is 0. The molecular weight excluding hydrogens is 747 g/mol. The molecular formula is C43H49N5O8S. The van der Waals surface area contributed by atoms with Crippen molar-refractivity contribution in [3.8, 4) is 50.8 Å². The van der Waals surface area contributed by atoms with Crippen molar-refractivity contribution in [1.82, 2.24) is 19.8 Å². The number of fused-ring (bicyclic) bond motifs is 1. The Morgan fingerprint density at radius 3 is 1.84 bits per heavy atom. The summed E-state index contributed by atoms with van der Waals surface area (Å²) >= 11 is 1.67. The van der Waals surface area contributed by atoms with Gasteiger partial charge in [0.1, 0.15) is 18.2 Å². The van der Waals surface area contributed by atoms with E-state index in [1.165, 1.54) is 11.9 Å². The fourth-order valence-corrected chi connectivity index (χ4v) is 8.18. The van der Waals surface area contributed by atoms with Crippen molar-refractivity contribution < 1.29 is 38.0 Å². The number of ether oxygens (including phenoxy) is 7. The molecule has 1 aromatic heterocycles. The highest BCUT2D eigenvalue weighted by Gasteiger charge is 2.33. The number of para-hydroxylation sites is 1. The Bertz CT molecular complexity index is 2160. The lowest BCUT2D eigenvalue weighted by molar-refractivity contribution is -0.130. The first-order chi connectivity index (χ1) is 27.8. The summed E-state index contributed by atoms with van der Waals surface area (Å²) in [6, 6.07) is 23.3. The normalized spacial score (nSPS) is 16.0. The van der Waals surface area contributed by atoms with Gasteiger partial charge in [-0.1, -0.05) is 18.2 Å². The zero-order chi connectivity index (χ0) is 39.9. The van der Waals surface area contributed by atoms with Crippen molar-refractivity contribution in [1.29, 1.82) is 0 Å². The minimum absolute atomic E-state index is 0.166. The number of piperazine rings is 1. The molecule has 57 heavy (non-hydrogen) atoms. The molecule has 2 aliphatic heterocycles. The molecule has 300 valence electrons. The Morgan fingerprint density at radius 2 is 1.26 bits per heavy atom. The summed E-state index contributed by atoms with van der Waals surface area (Å²) in [6.45, 7) is 7.85. The summed E-state index contributed by atoms with van der Waals surface area (Å²) in [6.07, 6.45) is 0.489. The van der Waals surface area contributed by atoms with Gasteiger partial charge in [-0.3, -0.25) is 14.6 Å². The highest BCUT2D eigenvalue weighted by molar-refractivity contribution is 7.21. The predicted molar refractivity (Wildman–Crippen MR) is 221 cm³/mol. The number of hydrazone groups is 1. The highest BCUT2D eigenvalue weighted by Crippen LogP contribution is 2.42. The van der Waals surface area contributed by atoms with Crippen LogP contribution in [0.25, 0.3) is 20.8 Å². The van der Waals surface area contributed by atoms with Crippen LogP contribution in [0, 0.1) is 0 Å². The summed E-state index contributed by atoms with van der Waals surface area (Å²) in [5, 5.41) is 7.22. The molecule has 1 atom stereocenters. The number of rotatable bonds is 16. The third kappa shape index (κ3) is 8.88. The average molecular weight is 796 g/mol. The maximum absolute atomic E-state index is 12.8. The maximum atomic E-state index is 12.8. The van der Waals surface area contributed by atoms with Gasteiger partial charge in [-0.05, 0) is 60.2 Å². The van der Waals surface area contributed by atoms with Crippen LogP contribution < -0.4 is 33.2 Å². The Morgan fingerprint density at radius 1 is 0.684 bits per heavy atom. The third-order valence-corrected chi connectivity index (χ3v) is 11.4. The van der Waals surface area contributed by atoms with Gasteiger partial charge in [-0.25, -0.2) is 9.99 Å². The predicted octanol–water partition coefficient (Wildman–Crippen LogP) is 6.78. The van der Waals surface area contributed by atoms with E-state index in [4.69, 9.17) is 43.2 Å². The van der Waals surface area contributed by atoms with Crippen LogP contribution in [0.2, 0.25) is 0 Å². The summed E-state index contributed by atoms with van der Waals surface area (Å²) in [5.41, 5.74) is 4.41. The van der Waals surface area contributed by atoms with E-state index in [2.05, 4.69) is 15.9 Å². The minimum Gasteiger partial charge on any atom is -0.493 e. The summed E-state index contributed by atoms with van der Waals surface area (Å²) in [7, 11) is 8.00. The number of hydrogen-bond acceptors (Lipinski definition) is 13. The molecule has 5 aromatic rings. The molecule has 13 nitrogen and oxygen atoms in total. The van der Waals surface area contributed by atoms with Gasteiger partial charge < -0.3 is 33.2 Å². The molecule has 1 saturated heterocycles. The van der Waals surface area contributed by atoms with Crippen LogP contribution in [0.1, 0.15) is 30.5 Å². The van der Waals surface area contributed by atoms with E-state index in [9.17, 15) is 4.79 Å². The fourth-order valence-electron chi connectivity index (χ4n) is 7.22. The molecule has 7 rings (SSSR count). The molecule has 1 fully saturated rings. The van der Waals surface area contributed by atoms with E-state index in [-0.39, 0.29) is 11.9 Å². The van der Waals surface area contributed by atoms with Crippen molar-refractivity contribution in [3.05, 3.63) is 83.9 Å². The van der Waals surface area contributed by atoms with Crippen molar-refractivity contribution in [2.45, 2.75) is 19.4 Å². The zero-order valence-corrected chi connectivity index (χ0v) is 34.1. The number of amides is 1. The summed E-state index contributed by atoms with van der Waals surface area (Å²) in [5.74, 6) is 4.04. The molecule has 0 bridgehead atoms. The number of nitrogens with zero attached hydrogens (tertiary/aromatic N) is 5. The third-order valence-electron chi connectivity index (χ3n) is 10.3. The van der Waals surface area contributed by atoms with E-state index in [0.717, 1.165) is 82.6 Å². The van der Waals surface area contributed by atoms with Crippen LogP contribution in [0.15, 0.2) is 77.9 Å². The van der Waals surface area contributed by atoms with Crippen LogP contribution in [0.5, 0.6) is 40.2 Å². The first-order valence-corrected chi connectivity index (χ1v) is 19.7. The van der Waals surface area contributed by atoms with Gasteiger partial charge in [0.05, 0.1) is 57.5 Å². The van der Waals surface area contributed by atoms with E-state index >= 15 is 0 Å². The first-order valence-electron chi connectivity index (χ1n) is 18.9. The largest absolute Gasteiger partial charge is 0.493 e. The van der Waals surface area contributed by atoms with Crippen LogP contribution in [-0.2, 0) is 4.79 Å². The number of benzene rings is 4. The quantitative estimate of drug-likeness (QED) is 0.105. The Hall–Kier alpha value is -5.57. The lowest BCUT2D eigenvalue weighted by Gasteiger charge is -2.34. The fraction of sp³-hybridized carbons (Fsp3) is 0.372. The zero-order valence-electron chi connectivity index (χ0n) is 33.3. The number of thiazole rings is 1. The van der Waals surface area contributed by atoms with Gasteiger partial charge in [-0.15, -0.1) is 11.3 Å². The Kier molecular flexibility index (Phi) is 12.6. The summed E-state index contributed by atoms with van der Waals surface area (Å²) in [4.78, 5) is 22.5. The van der Waals surface area contributed by atoms with Gasteiger partial charge in [0.15, 0.2) is 34.5 Å². The summed E-state index contributed by atoms with van der Waals surface area (Å²) < 4.78 is 41.7.